The predicted molar refractivity (Wildman–Crippen MR) is 107 cm³/mol. The highest BCUT2D eigenvalue weighted by atomic mass is 79.9. The molecular weight excluding hydrogens is 414 g/mol. The second kappa shape index (κ2) is 8.25. The second-order valence-electron chi connectivity index (χ2n) is 5.56. The zero-order valence-electron chi connectivity index (χ0n) is 14.0. The molecule has 0 fully saturated rings. The standard InChI is InChI=1S/C19H16BrN3O2S/c1-12-16(18(25)21-11-13-5-3-2-4-6-13)26-19(22-12)23-17(24)14-7-9-15(20)10-8-14/h2-10H,11H2,1H3,(H,21,25)(H,22,23,24). The molecular formula is C19H16BrN3O2S. The summed E-state index contributed by atoms with van der Waals surface area (Å²) in [5, 5.41) is 6.02. The summed E-state index contributed by atoms with van der Waals surface area (Å²) < 4.78 is 0.900. The van der Waals surface area contributed by atoms with E-state index in [4.69, 9.17) is 0 Å². The van der Waals surface area contributed by atoms with E-state index in [1.807, 2.05) is 30.3 Å². The van der Waals surface area contributed by atoms with Gasteiger partial charge in [0, 0.05) is 16.6 Å². The number of thiazole rings is 1. The molecule has 3 aromatic rings. The number of aryl methyl sites for hydroxylation is 1. The largest absolute Gasteiger partial charge is 0.347 e. The molecule has 2 aromatic carbocycles. The van der Waals surface area contributed by atoms with Crippen molar-refractivity contribution in [2.45, 2.75) is 13.5 Å². The van der Waals surface area contributed by atoms with Crippen LogP contribution in [0.4, 0.5) is 5.13 Å². The number of benzene rings is 2. The Kier molecular flexibility index (Phi) is 5.80. The second-order valence-corrected chi connectivity index (χ2v) is 7.48. The van der Waals surface area contributed by atoms with Gasteiger partial charge in [0.25, 0.3) is 11.8 Å². The van der Waals surface area contributed by atoms with Crippen LogP contribution < -0.4 is 10.6 Å². The summed E-state index contributed by atoms with van der Waals surface area (Å²) in [6.07, 6.45) is 0. The fraction of sp³-hybridized carbons (Fsp3) is 0.105. The van der Waals surface area contributed by atoms with Crippen molar-refractivity contribution in [3.8, 4) is 0 Å². The van der Waals surface area contributed by atoms with Gasteiger partial charge in [0.1, 0.15) is 4.88 Å². The Labute approximate surface area is 163 Å². The Hall–Kier alpha value is -2.51. The van der Waals surface area contributed by atoms with Gasteiger partial charge in [0.05, 0.1) is 5.69 Å². The molecule has 26 heavy (non-hydrogen) atoms. The van der Waals surface area contributed by atoms with Crippen LogP contribution in [0.25, 0.3) is 0 Å². The molecule has 2 amide bonds. The van der Waals surface area contributed by atoms with E-state index in [2.05, 4.69) is 31.5 Å². The molecule has 0 aliphatic heterocycles. The summed E-state index contributed by atoms with van der Waals surface area (Å²) in [6.45, 7) is 2.20. The number of amides is 2. The van der Waals surface area contributed by atoms with Crippen molar-refractivity contribution in [2.75, 3.05) is 5.32 Å². The zero-order chi connectivity index (χ0) is 18.5. The Morgan fingerprint density at radius 2 is 1.73 bits per heavy atom. The van der Waals surface area contributed by atoms with Crippen molar-refractivity contribution in [1.82, 2.24) is 10.3 Å². The lowest BCUT2D eigenvalue weighted by Gasteiger charge is -2.03. The molecule has 1 aromatic heterocycles. The van der Waals surface area contributed by atoms with E-state index in [0.29, 0.717) is 27.8 Å². The Morgan fingerprint density at radius 3 is 2.42 bits per heavy atom. The van der Waals surface area contributed by atoms with E-state index < -0.39 is 0 Å². The van der Waals surface area contributed by atoms with Crippen molar-refractivity contribution in [3.05, 3.63) is 80.8 Å². The number of aromatic nitrogens is 1. The van der Waals surface area contributed by atoms with Crippen LogP contribution in [0, 0.1) is 6.92 Å². The summed E-state index contributed by atoms with van der Waals surface area (Å²) in [6, 6.07) is 16.7. The zero-order valence-corrected chi connectivity index (χ0v) is 16.4. The molecule has 0 atom stereocenters. The fourth-order valence-corrected chi connectivity index (χ4v) is 3.43. The van der Waals surface area contributed by atoms with Crippen LogP contribution in [0.3, 0.4) is 0 Å². The van der Waals surface area contributed by atoms with Gasteiger partial charge < -0.3 is 5.32 Å². The normalized spacial score (nSPS) is 10.4. The van der Waals surface area contributed by atoms with Gasteiger partial charge in [-0.2, -0.15) is 0 Å². The van der Waals surface area contributed by atoms with E-state index >= 15 is 0 Å². The van der Waals surface area contributed by atoms with E-state index in [9.17, 15) is 9.59 Å². The number of carbonyl (C=O) groups excluding carboxylic acids is 2. The molecule has 132 valence electrons. The third-order valence-electron chi connectivity index (χ3n) is 3.63. The minimum Gasteiger partial charge on any atom is -0.347 e. The average Bonchev–Trinajstić information content (AvgIpc) is 3.01. The van der Waals surface area contributed by atoms with E-state index in [1.54, 1.807) is 31.2 Å². The Morgan fingerprint density at radius 1 is 1.04 bits per heavy atom. The molecule has 5 nitrogen and oxygen atoms in total. The van der Waals surface area contributed by atoms with Gasteiger partial charge in [-0.1, -0.05) is 57.6 Å². The maximum Gasteiger partial charge on any atom is 0.263 e. The van der Waals surface area contributed by atoms with Gasteiger partial charge in [0.2, 0.25) is 0 Å². The molecule has 0 aliphatic rings. The number of rotatable bonds is 5. The van der Waals surface area contributed by atoms with E-state index in [-0.39, 0.29) is 11.8 Å². The van der Waals surface area contributed by atoms with Crippen molar-refractivity contribution in [1.29, 1.82) is 0 Å². The van der Waals surface area contributed by atoms with Crippen LogP contribution >= 0.6 is 27.3 Å². The average molecular weight is 430 g/mol. The first kappa shape index (κ1) is 18.3. The van der Waals surface area contributed by atoms with Gasteiger partial charge in [-0.15, -0.1) is 0 Å². The molecule has 2 N–H and O–H groups in total. The van der Waals surface area contributed by atoms with Crippen LogP contribution in [0.5, 0.6) is 0 Å². The van der Waals surface area contributed by atoms with Gasteiger partial charge in [-0.3, -0.25) is 14.9 Å². The Balaban J connectivity index is 1.65. The highest BCUT2D eigenvalue weighted by molar-refractivity contribution is 9.10. The maximum atomic E-state index is 12.4. The summed E-state index contributed by atoms with van der Waals surface area (Å²) in [5.74, 6) is -0.463. The van der Waals surface area contributed by atoms with Gasteiger partial charge in [-0.05, 0) is 36.8 Å². The van der Waals surface area contributed by atoms with Crippen LogP contribution in [-0.4, -0.2) is 16.8 Å². The highest BCUT2D eigenvalue weighted by Gasteiger charge is 2.17. The van der Waals surface area contributed by atoms with Crippen LogP contribution in [-0.2, 0) is 6.54 Å². The number of carbonyl (C=O) groups is 2. The van der Waals surface area contributed by atoms with Crippen molar-refractivity contribution in [2.24, 2.45) is 0 Å². The number of hydrogen-bond acceptors (Lipinski definition) is 4. The van der Waals surface area contributed by atoms with Crippen LogP contribution in [0.15, 0.2) is 59.1 Å². The summed E-state index contributed by atoms with van der Waals surface area (Å²) in [5.41, 5.74) is 2.13. The van der Waals surface area contributed by atoms with E-state index in [0.717, 1.165) is 21.4 Å². The number of nitrogens with zero attached hydrogens (tertiary/aromatic N) is 1. The minimum atomic E-state index is -0.262. The summed E-state index contributed by atoms with van der Waals surface area (Å²) >= 11 is 4.50. The SMILES string of the molecule is Cc1nc(NC(=O)c2ccc(Br)cc2)sc1C(=O)NCc1ccccc1. The van der Waals surface area contributed by atoms with E-state index in [1.165, 1.54) is 0 Å². The molecule has 0 radical (unpaired) electrons. The third kappa shape index (κ3) is 4.56. The molecule has 0 unspecified atom stereocenters. The predicted octanol–water partition coefficient (Wildman–Crippen LogP) is 4.40. The summed E-state index contributed by atoms with van der Waals surface area (Å²) in [7, 11) is 0. The number of hydrogen-bond donors (Lipinski definition) is 2. The fourth-order valence-electron chi connectivity index (χ4n) is 2.29. The maximum absolute atomic E-state index is 12.4. The lowest BCUT2D eigenvalue weighted by atomic mass is 10.2. The molecule has 0 bridgehead atoms. The van der Waals surface area contributed by atoms with Crippen molar-refractivity contribution in [3.63, 3.8) is 0 Å². The third-order valence-corrected chi connectivity index (χ3v) is 5.23. The first-order valence-corrected chi connectivity index (χ1v) is 9.50. The van der Waals surface area contributed by atoms with Crippen molar-refractivity contribution >= 4 is 44.2 Å². The molecule has 1 heterocycles. The van der Waals surface area contributed by atoms with Gasteiger partial charge in [-0.25, -0.2) is 4.98 Å². The monoisotopic (exact) mass is 429 g/mol. The van der Waals surface area contributed by atoms with Crippen LogP contribution in [0.1, 0.15) is 31.3 Å². The molecule has 0 saturated heterocycles. The first-order chi connectivity index (χ1) is 12.5. The van der Waals surface area contributed by atoms with Gasteiger partial charge in [0.15, 0.2) is 5.13 Å². The highest BCUT2D eigenvalue weighted by Crippen LogP contribution is 2.23. The summed E-state index contributed by atoms with van der Waals surface area (Å²) in [4.78, 5) is 29.4. The molecule has 0 aliphatic carbocycles. The topological polar surface area (TPSA) is 71.1 Å². The smallest absolute Gasteiger partial charge is 0.263 e. The number of halogens is 1. The number of nitrogens with one attached hydrogen (secondary N) is 2. The van der Waals surface area contributed by atoms with Crippen molar-refractivity contribution < 1.29 is 9.59 Å². The van der Waals surface area contributed by atoms with Gasteiger partial charge >= 0.3 is 0 Å². The Bertz CT molecular complexity index is 924. The lowest BCUT2D eigenvalue weighted by molar-refractivity contribution is 0.0953. The first-order valence-electron chi connectivity index (χ1n) is 7.89. The molecule has 3 rings (SSSR count). The minimum absolute atomic E-state index is 0.201. The molecule has 7 heteroatoms. The molecule has 0 saturated carbocycles. The number of anilines is 1. The quantitative estimate of drug-likeness (QED) is 0.631. The van der Waals surface area contributed by atoms with Crippen LogP contribution in [0.2, 0.25) is 0 Å². The lowest BCUT2D eigenvalue weighted by Crippen LogP contribution is -2.22. The molecule has 0 spiro atoms.